The van der Waals surface area contributed by atoms with Crippen LogP contribution in [-0.2, 0) is 0 Å². The van der Waals surface area contributed by atoms with Crippen molar-refractivity contribution < 1.29 is 4.74 Å². The van der Waals surface area contributed by atoms with Gasteiger partial charge < -0.3 is 10.5 Å². The number of hydrogen-bond donors (Lipinski definition) is 1. The van der Waals surface area contributed by atoms with Crippen molar-refractivity contribution in [2.45, 2.75) is 19.9 Å². The minimum absolute atomic E-state index is 0.0665. The molecule has 0 radical (unpaired) electrons. The lowest BCUT2D eigenvalue weighted by Crippen LogP contribution is -2.10. The lowest BCUT2D eigenvalue weighted by molar-refractivity contribution is 0.416. The van der Waals surface area contributed by atoms with Crippen molar-refractivity contribution in [1.29, 1.82) is 0 Å². The highest BCUT2D eigenvalue weighted by Crippen LogP contribution is 2.30. The van der Waals surface area contributed by atoms with Crippen LogP contribution in [0.4, 0.5) is 0 Å². The lowest BCUT2D eigenvalue weighted by atomic mass is 10.0. The minimum atomic E-state index is -0.0665. The molecule has 90 valence electrons. The Morgan fingerprint density at radius 1 is 1.18 bits per heavy atom. The Labute approximate surface area is 106 Å². The Balaban J connectivity index is 2.29. The van der Waals surface area contributed by atoms with Crippen LogP contribution < -0.4 is 10.5 Å². The number of methoxy groups -OCH3 is 1. The summed E-state index contributed by atoms with van der Waals surface area (Å²) in [5, 5.41) is 1.98. The number of benzene rings is 1. The first-order valence-corrected chi connectivity index (χ1v) is 6.45. The van der Waals surface area contributed by atoms with E-state index in [1.54, 1.807) is 18.4 Å². The molecule has 0 aliphatic rings. The van der Waals surface area contributed by atoms with E-state index in [0.717, 1.165) is 16.2 Å². The van der Waals surface area contributed by atoms with E-state index in [1.807, 2.05) is 11.4 Å². The molecule has 0 saturated carbocycles. The van der Waals surface area contributed by atoms with Crippen molar-refractivity contribution in [1.82, 2.24) is 0 Å². The summed E-state index contributed by atoms with van der Waals surface area (Å²) in [6, 6.07) is 8.31. The van der Waals surface area contributed by atoms with E-state index in [0.29, 0.717) is 0 Å². The predicted molar refractivity (Wildman–Crippen MR) is 72.8 cm³/mol. The lowest BCUT2D eigenvalue weighted by Gasteiger charge is -2.11. The highest BCUT2D eigenvalue weighted by molar-refractivity contribution is 7.10. The molecule has 17 heavy (non-hydrogen) atoms. The van der Waals surface area contributed by atoms with Gasteiger partial charge in [-0.15, -0.1) is 11.3 Å². The van der Waals surface area contributed by atoms with E-state index in [-0.39, 0.29) is 6.04 Å². The van der Waals surface area contributed by atoms with Crippen LogP contribution in [0, 0.1) is 13.8 Å². The summed E-state index contributed by atoms with van der Waals surface area (Å²) in [6.45, 7) is 4.22. The standard InChI is InChI=1S/C14H17NOS/c1-9-4-5-11(6-10(9)2)14(15)13-7-12(16-3)8-17-13/h4-8,14H,15H2,1-3H3. The summed E-state index contributed by atoms with van der Waals surface area (Å²) >= 11 is 1.64. The number of hydrogen-bond acceptors (Lipinski definition) is 3. The second kappa shape index (κ2) is 4.90. The monoisotopic (exact) mass is 247 g/mol. The number of ether oxygens (including phenoxy) is 1. The molecule has 2 nitrogen and oxygen atoms in total. The fraction of sp³-hybridized carbons (Fsp3) is 0.286. The Kier molecular flexibility index (Phi) is 3.50. The molecule has 1 heterocycles. The van der Waals surface area contributed by atoms with Crippen molar-refractivity contribution in [2.75, 3.05) is 7.11 Å². The van der Waals surface area contributed by atoms with Gasteiger partial charge >= 0.3 is 0 Å². The van der Waals surface area contributed by atoms with E-state index < -0.39 is 0 Å². The van der Waals surface area contributed by atoms with E-state index in [1.165, 1.54) is 11.1 Å². The zero-order chi connectivity index (χ0) is 12.4. The number of aryl methyl sites for hydroxylation is 2. The van der Waals surface area contributed by atoms with Gasteiger partial charge in [-0.05, 0) is 36.6 Å². The third-order valence-electron chi connectivity index (χ3n) is 3.03. The van der Waals surface area contributed by atoms with Crippen molar-refractivity contribution in [3.05, 3.63) is 51.2 Å². The molecular formula is C14H17NOS. The van der Waals surface area contributed by atoms with Gasteiger partial charge in [0.25, 0.3) is 0 Å². The molecule has 2 rings (SSSR count). The third-order valence-corrected chi connectivity index (χ3v) is 4.02. The van der Waals surface area contributed by atoms with Gasteiger partial charge in [0, 0.05) is 10.3 Å². The molecule has 0 fully saturated rings. The molecule has 1 unspecified atom stereocenters. The molecule has 1 aromatic carbocycles. The minimum Gasteiger partial charge on any atom is -0.496 e. The quantitative estimate of drug-likeness (QED) is 0.902. The zero-order valence-electron chi connectivity index (χ0n) is 10.4. The van der Waals surface area contributed by atoms with Crippen LogP contribution >= 0.6 is 11.3 Å². The van der Waals surface area contributed by atoms with Crippen LogP contribution in [0.2, 0.25) is 0 Å². The maximum Gasteiger partial charge on any atom is 0.129 e. The van der Waals surface area contributed by atoms with Gasteiger partial charge in [-0.25, -0.2) is 0 Å². The molecule has 1 atom stereocenters. The molecule has 0 amide bonds. The Morgan fingerprint density at radius 2 is 1.94 bits per heavy atom. The summed E-state index contributed by atoms with van der Waals surface area (Å²) < 4.78 is 5.18. The highest BCUT2D eigenvalue weighted by atomic mass is 32.1. The second-order valence-electron chi connectivity index (χ2n) is 4.21. The van der Waals surface area contributed by atoms with Crippen molar-refractivity contribution in [3.8, 4) is 5.75 Å². The van der Waals surface area contributed by atoms with Crippen molar-refractivity contribution >= 4 is 11.3 Å². The summed E-state index contributed by atoms with van der Waals surface area (Å²) in [5.41, 5.74) is 9.98. The van der Waals surface area contributed by atoms with Crippen molar-refractivity contribution in [3.63, 3.8) is 0 Å². The Morgan fingerprint density at radius 3 is 2.53 bits per heavy atom. The van der Waals surface area contributed by atoms with Gasteiger partial charge in [0.2, 0.25) is 0 Å². The van der Waals surface area contributed by atoms with Crippen LogP contribution in [-0.4, -0.2) is 7.11 Å². The molecule has 0 aliphatic carbocycles. The van der Waals surface area contributed by atoms with E-state index in [2.05, 4.69) is 32.0 Å². The fourth-order valence-electron chi connectivity index (χ4n) is 1.73. The molecule has 2 aromatic rings. The zero-order valence-corrected chi connectivity index (χ0v) is 11.2. The third kappa shape index (κ3) is 2.51. The van der Waals surface area contributed by atoms with Crippen LogP contribution in [0.25, 0.3) is 0 Å². The molecule has 0 saturated heterocycles. The Hall–Kier alpha value is -1.32. The molecule has 0 spiro atoms. The molecule has 3 heteroatoms. The largest absolute Gasteiger partial charge is 0.496 e. The average Bonchev–Trinajstić information content (AvgIpc) is 2.80. The molecule has 0 bridgehead atoms. The first-order valence-electron chi connectivity index (χ1n) is 5.57. The SMILES string of the molecule is COc1csc(C(N)c2ccc(C)c(C)c2)c1. The van der Waals surface area contributed by atoms with E-state index in [4.69, 9.17) is 10.5 Å². The second-order valence-corrected chi connectivity index (χ2v) is 5.15. The predicted octanol–water partition coefficient (Wildman–Crippen LogP) is 3.42. The van der Waals surface area contributed by atoms with Crippen LogP contribution in [0.1, 0.15) is 27.6 Å². The topological polar surface area (TPSA) is 35.2 Å². The van der Waals surface area contributed by atoms with E-state index >= 15 is 0 Å². The first-order chi connectivity index (χ1) is 8.11. The Bertz CT molecular complexity index is 519. The normalized spacial score (nSPS) is 12.5. The molecular weight excluding hydrogens is 230 g/mol. The fourth-order valence-corrected chi connectivity index (χ4v) is 2.61. The van der Waals surface area contributed by atoms with Crippen molar-refractivity contribution in [2.24, 2.45) is 5.73 Å². The first kappa shape index (κ1) is 12.1. The van der Waals surface area contributed by atoms with Crippen LogP contribution in [0.5, 0.6) is 5.75 Å². The summed E-state index contributed by atoms with van der Waals surface area (Å²) in [6.07, 6.45) is 0. The summed E-state index contributed by atoms with van der Waals surface area (Å²) in [5.74, 6) is 0.879. The maximum atomic E-state index is 6.26. The molecule has 2 N–H and O–H groups in total. The molecule has 1 aromatic heterocycles. The molecule has 0 aliphatic heterocycles. The van der Waals surface area contributed by atoms with Gasteiger partial charge in [0.1, 0.15) is 5.75 Å². The van der Waals surface area contributed by atoms with Gasteiger partial charge in [-0.3, -0.25) is 0 Å². The van der Waals surface area contributed by atoms with Crippen LogP contribution in [0.3, 0.4) is 0 Å². The summed E-state index contributed by atoms with van der Waals surface area (Å²) in [4.78, 5) is 1.13. The number of thiophene rings is 1. The van der Waals surface area contributed by atoms with Crippen LogP contribution in [0.15, 0.2) is 29.6 Å². The van der Waals surface area contributed by atoms with Gasteiger partial charge in [0.15, 0.2) is 0 Å². The average molecular weight is 247 g/mol. The number of rotatable bonds is 3. The maximum absolute atomic E-state index is 6.26. The van der Waals surface area contributed by atoms with Gasteiger partial charge in [-0.2, -0.15) is 0 Å². The van der Waals surface area contributed by atoms with E-state index in [9.17, 15) is 0 Å². The highest BCUT2D eigenvalue weighted by Gasteiger charge is 2.12. The summed E-state index contributed by atoms with van der Waals surface area (Å²) in [7, 11) is 1.67. The number of nitrogens with two attached hydrogens (primary N) is 1. The smallest absolute Gasteiger partial charge is 0.129 e. The van der Waals surface area contributed by atoms with Gasteiger partial charge in [-0.1, -0.05) is 18.2 Å². The van der Waals surface area contributed by atoms with Gasteiger partial charge in [0.05, 0.1) is 13.2 Å².